The van der Waals surface area contributed by atoms with Gasteiger partial charge in [-0.25, -0.2) is 0 Å². The van der Waals surface area contributed by atoms with Gasteiger partial charge in [0.25, 0.3) is 0 Å². The predicted octanol–water partition coefficient (Wildman–Crippen LogP) is 0.971. The van der Waals surface area contributed by atoms with E-state index in [2.05, 4.69) is 5.32 Å². The summed E-state index contributed by atoms with van der Waals surface area (Å²) in [5.74, 6) is 0.484. The van der Waals surface area contributed by atoms with E-state index in [1.807, 2.05) is 18.7 Å². The molecule has 5 nitrogen and oxygen atoms in total. The van der Waals surface area contributed by atoms with Gasteiger partial charge >= 0.3 is 0 Å². The van der Waals surface area contributed by atoms with Gasteiger partial charge in [-0.15, -0.1) is 0 Å². The highest BCUT2D eigenvalue weighted by atomic mass is 16.5. The number of nitrogens with one attached hydrogen (secondary N) is 1. The number of carbonyl (C=O) groups is 2. The third kappa shape index (κ3) is 4.03. The first-order chi connectivity index (χ1) is 9.58. The van der Waals surface area contributed by atoms with Crippen LogP contribution in [0.3, 0.4) is 0 Å². The molecule has 1 aliphatic heterocycles. The molecule has 0 aromatic heterocycles. The zero-order chi connectivity index (χ0) is 14.5. The number of carbonyl (C=O) groups excluding carboxylic acids is 2. The van der Waals surface area contributed by atoms with Crippen LogP contribution in [-0.4, -0.2) is 55.0 Å². The van der Waals surface area contributed by atoms with Crippen LogP contribution in [0.15, 0.2) is 0 Å². The standard InChI is InChI=1S/C15H26N2O3/c1-11(2)16-15(19)13-10-20-8-7-17(13)9-14(18)12-5-3-4-6-12/h11-13H,3-10H2,1-2H3,(H,16,19). The molecule has 2 rings (SSSR count). The number of hydrogen-bond donors (Lipinski definition) is 1. The lowest BCUT2D eigenvalue weighted by Crippen LogP contribution is -2.56. The van der Waals surface area contributed by atoms with Crippen LogP contribution < -0.4 is 5.32 Å². The second-order valence-corrected chi connectivity index (χ2v) is 6.17. The molecule has 1 saturated heterocycles. The quantitative estimate of drug-likeness (QED) is 0.816. The minimum Gasteiger partial charge on any atom is -0.378 e. The van der Waals surface area contributed by atoms with Crippen LogP contribution in [0, 0.1) is 5.92 Å². The minimum atomic E-state index is -0.323. The monoisotopic (exact) mass is 282 g/mol. The molecule has 20 heavy (non-hydrogen) atoms. The summed E-state index contributed by atoms with van der Waals surface area (Å²) in [7, 11) is 0. The fraction of sp³-hybridized carbons (Fsp3) is 0.867. The number of rotatable bonds is 5. The van der Waals surface area contributed by atoms with Crippen LogP contribution in [0.25, 0.3) is 0 Å². The molecule has 1 amide bonds. The summed E-state index contributed by atoms with van der Waals surface area (Å²) in [4.78, 5) is 26.5. The van der Waals surface area contributed by atoms with E-state index in [1.54, 1.807) is 0 Å². The molecule has 1 atom stereocenters. The van der Waals surface area contributed by atoms with Crippen molar-refractivity contribution < 1.29 is 14.3 Å². The zero-order valence-corrected chi connectivity index (χ0v) is 12.6. The molecule has 2 fully saturated rings. The Labute approximate surface area is 121 Å². The molecular weight excluding hydrogens is 256 g/mol. The molecule has 1 N–H and O–H groups in total. The van der Waals surface area contributed by atoms with E-state index in [-0.39, 0.29) is 23.9 Å². The van der Waals surface area contributed by atoms with Crippen molar-refractivity contribution in [2.24, 2.45) is 5.92 Å². The third-order valence-corrected chi connectivity index (χ3v) is 4.14. The number of ether oxygens (including phenoxy) is 1. The SMILES string of the molecule is CC(C)NC(=O)C1COCCN1CC(=O)C1CCCC1. The molecule has 0 aromatic rings. The van der Waals surface area contributed by atoms with Gasteiger partial charge < -0.3 is 10.1 Å². The van der Waals surface area contributed by atoms with Crippen molar-refractivity contribution in [2.75, 3.05) is 26.3 Å². The maximum atomic E-state index is 12.3. The average molecular weight is 282 g/mol. The fourth-order valence-corrected chi connectivity index (χ4v) is 3.03. The van der Waals surface area contributed by atoms with Gasteiger partial charge in [0.15, 0.2) is 0 Å². The molecule has 0 bridgehead atoms. The molecule has 5 heteroatoms. The molecule has 0 spiro atoms. The van der Waals surface area contributed by atoms with E-state index in [0.717, 1.165) is 25.7 Å². The molecule has 1 unspecified atom stereocenters. The number of morpholine rings is 1. The number of hydrogen-bond acceptors (Lipinski definition) is 4. The number of Topliss-reactive ketones (excluding diaryl/α,β-unsaturated/α-hetero) is 1. The van der Waals surface area contributed by atoms with Gasteiger partial charge in [0.2, 0.25) is 5.91 Å². The van der Waals surface area contributed by atoms with Crippen LogP contribution in [0.2, 0.25) is 0 Å². The second-order valence-electron chi connectivity index (χ2n) is 6.17. The Balaban J connectivity index is 1.92. The Bertz CT molecular complexity index is 351. The molecule has 1 heterocycles. The molecule has 114 valence electrons. The summed E-state index contributed by atoms with van der Waals surface area (Å²) in [6, 6.07) is -0.215. The van der Waals surface area contributed by atoms with Crippen molar-refractivity contribution in [1.29, 1.82) is 0 Å². The maximum absolute atomic E-state index is 12.3. The van der Waals surface area contributed by atoms with Crippen LogP contribution in [0.5, 0.6) is 0 Å². The second kappa shape index (κ2) is 7.18. The van der Waals surface area contributed by atoms with Crippen LogP contribution in [0.4, 0.5) is 0 Å². The first-order valence-electron chi connectivity index (χ1n) is 7.73. The van der Waals surface area contributed by atoms with Gasteiger partial charge in [0.05, 0.1) is 19.8 Å². The Morgan fingerprint density at radius 2 is 2.00 bits per heavy atom. The first kappa shape index (κ1) is 15.4. The van der Waals surface area contributed by atoms with E-state index < -0.39 is 0 Å². The van der Waals surface area contributed by atoms with Crippen molar-refractivity contribution in [3.63, 3.8) is 0 Å². The molecule has 0 radical (unpaired) electrons. The van der Waals surface area contributed by atoms with E-state index in [4.69, 9.17) is 4.74 Å². The highest BCUT2D eigenvalue weighted by Crippen LogP contribution is 2.26. The minimum absolute atomic E-state index is 0.0288. The largest absolute Gasteiger partial charge is 0.378 e. The van der Waals surface area contributed by atoms with Gasteiger partial charge in [-0.2, -0.15) is 0 Å². The average Bonchev–Trinajstić information content (AvgIpc) is 2.92. The Morgan fingerprint density at radius 1 is 1.30 bits per heavy atom. The Hall–Kier alpha value is -0.940. The highest BCUT2D eigenvalue weighted by molar-refractivity contribution is 5.86. The highest BCUT2D eigenvalue weighted by Gasteiger charge is 2.33. The summed E-state index contributed by atoms with van der Waals surface area (Å²) in [5.41, 5.74) is 0. The van der Waals surface area contributed by atoms with E-state index in [9.17, 15) is 9.59 Å². The molecule has 1 aliphatic carbocycles. The van der Waals surface area contributed by atoms with E-state index >= 15 is 0 Å². The lowest BCUT2D eigenvalue weighted by Gasteiger charge is -2.34. The van der Waals surface area contributed by atoms with E-state index in [1.165, 1.54) is 0 Å². The van der Waals surface area contributed by atoms with Crippen LogP contribution >= 0.6 is 0 Å². The van der Waals surface area contributed by atoms with Gasteiger partial charge in [-0.1, -0.05) is 12.8 Å². The predicted molar refractivity (Wildman–Crippen MR) is 76.4 cm³/mol. The lowest BCUT2D eigenvalue weighted by atomic mass is 10.0. The summed E-state index contributed by atoms with van der Waals surface area (Å²) in [6.45, 7) is 5.92. The Kier molecular flexibility index (Phi) is 5.54. The van der Waals surface area contributed by atoms with Crippen molar-refractivity contribution in [1.82, 2.24) is 10.2 Å². The zero-order valence-electron chi connectivity index (χ0n) is 12.6. The molecule has 0 aromatic carbocycles. The van der Waals surface area contributed by atoms with Gasteiger partial charge in [0, 0.05) is 18.5 Å². The first-order valence-corrected chi connectivity index (χ1v) is 7.73. The van der Waals surface area contributed by atoms with Gasteiger partial charge in [-0.3, -0.25) is 14.5 Å². The number of nitrogens with zero attached hydrogens (tertiary/aromatic N) is 1. The number of amides is 1. The summed E-state index contributed by atoms with van der Waals surface area (Å²) < 4.78 is 5.41. The van der Waals surface area contributed by atoms with Gasteiger partial charge in [0.1, 0.15) is 11.8 Å². The summed E-state index contributed by atoms with van der Waals surface area (Å²) >= 11 is 0. The van der Waals surface area contributed by atoms with Crippen LogP contribution in [-0.2, 0) is 14.3 Å². The molecular formula is C15H26N2O3. The smallest absolute Gasteiger partial charge is 0.239 e. The maximum Gasteiger partial charge on any atom is 0.239 e. The normalized spacial score (nSPS) is 25.1. The molecule has 1 saturated carbocycles. The fourth-order valence-electron chi connectivity index (χ4n) is 3.03. The van der Waals surface area contributed by atoms with Gasteiger partial charge in [-0.05, 0) is 26.7 Å². The number of ketones is 1. The third-order valence-electron chi connectivity index (χ3n) is 4.14. The van der Waals surface area contributed by atoms with Crippen molar-refractivity contribution >= 4 is 11.7 Å². The van der Waals surface area contributed by atoms with Crippen molar-refractivity contribution in [2.45, 2.75) is 51.6 Å². The van der Waals surface area contributed by atoms with Crippen LogP contribution in [0.1, 0.15) is 39.5 Å². The van der Waals surface area contributed by atoms with Crippen molar-refractivity contribution in [3.8, 4) is 0 Å². The molecule has 2 aliphatic rings. The van der Waals surface area contributed by atoms with E-state index in [0.29, 0.717) is 32.1 Å². The Morgan fingerprint density at radius 3 is 2.65 bits per heavy atom. The van der Waals surface area contributed by atoms with Crippen molar-refractivity contribution in [3.05, 3.63) is 0 Å². The topological polar surface area (TPSA) is 58.6 Å². The summed E-state index contributed by atoms with van der Waals surface area (Å²) in [5, 5.41) is 2.91. The summed E-state index contributed by atoms with van der Waals surface area (Å²) in [6.07, 6.45) is 4.37. The lowest BCUT2D eigenvalue weighted by molar-refractivity contribution is -0.136.